The van der Waals surface area contributed by atoms with Crippen LogP contribution < -0.4 is 10.2 Å². The van der Waals surface area contributed by atoms with Crippen LogP contribution in [0.1, 0.15) is 36.7 Å². The Hall–Kier alpha value is -1.50. The number of halogens is 3. The molecular weight excluding hydrogens is 299 g/mol. The largest absolute Gasteiger partial charge is 0.543 e. The average molecular weight is 319 g/mol. The normalized spacial score (nSPS) is 13.1. The molecule has 0 spiro atoms. The van der Waals surface area contributed by atoms with Gasteiger partial charge in [0.2, 0.25) is 0 Å². The first-order valence-corrected chi connectivity index (χ1v) is 9.36. The zero-order valence-electron chi connectivity index (χ0n) is 12.8. The van der Waals surface area contributed by atoms with E-state index in [9.17, 15) is 18.0 Å². The number of primary amides is 1. The second-order valence-corrected chi connectivity index (χ2v) is 11.2. The fourth-order valence-electron chi connectivity index (χ4n) is 1.42. The number of carbonyl (C=O) groups is 1. The molecule has 1 rings (SSSR count). The number of benzene rings is 1. The van der Waals surface area contributed by atoms with Crippen molar-refractivity contribution in [2.45, 2.75) is 45.1 Å². The zero-order chi connectivity index (χ0) is 16.6. The summed E-state index contributed by atoms with van der Waals surface area (Å²) in [5, 5.41) is -0.148. The molecule has 1 amide bonds. The number of carbonyl (C=O) groups excluding carboxylic acids is 1. The van der Waals surface area contributed by atoms with Crippen LogP contribution in [0.2, 0.25) is 18.1 Å². The summed E-state index contributed by atoms with van der Waals surface area (Å²) in [6.07, 6.45) is -4.53. The predicted octanol–water partition coefficient (Wildman–Crippen LogP) is 4.19. The molecule has 21 heavy (non-hydrogen) atoms. The summed E-state index contributed by atoms with van der Waals surface area (Å²) < 4.78 is 44.0. The van der Waals surface area contributed by atoms with Crippen LogP contribution in [0.4, 0.5) is 13.2 Å². The molecule has 7 heteroatoms. The molecule has 0 fully saturated rings. The first-order valence-electron chi connectivity index (χ1n) is 6.46. The third-order valence-electron chi connectivity index (χ3n) is 3.74. The molecule has 0 saturated heterocycles. The molecule has 3 nitrogen and oxygen atoms in total. The molecule has 0 bridgehead atoms. The van der Waals surface area contributed by atoms with Crippen LogP contribution >= 0.6 is 0 Å². The van der Waals surface area contributed by atoms with E-state index in [1.54, 1.807) is 0 Å². The molecule has 1 aromatic rings. The topological polar surface area (TPSA) is 52.3 Å². The molecule has 0 saturated carbocycles. The third-order valence-corrected chi connectivity index (χ3v) is 8.09. The molecule has 0 heterocycles. The summed E-state index contributed by atoms with van der Waals surface area (Å²) in [4.78, 5) is 11.4. The lowest BCUT2D eigenvalue weighted by Crippen LogP contribution is -2.44. The minimum Gasteiger partial charge on any atom is -0.543 e. The predicted molar refractivity (Wildman–Crippen MR) is 77.8 cm³/mol. The van der Waals surface area contributed by atoms with Crippen LogP contribution in [0.3, 0.4) is 0 Å². The van der Waals surface area contributed by atoms with Crippen LogP contribution in [0, 0.1) is 0 Å². The number of rotatable bonds is 3. The Bertz CT molecular complexity index is 548. The lowest BCUT2D eigenvalue weighted by atomic mass is 10.1. The SMILES string of the molecule is CC(C)(C)[Si](C)(C)Oc1ccc(C(F)(F)F)cc1C(N)=O. The van der Waals surface area contributed by atoms with Gasteiger partial charge in [-0.15, -0.1) is 0 Å². The monoisotopic (exact) mass is 319 g/mol. The standard InChI is InChI=1S/C14H20F3NO2Si/c1-13(2,3)21(4,5)20-11-7-6-9(14(15,16)17)8-10(11)12(18)19/h6-8H,1-5H3,(H2,18,19). The van der Waals surface area contributed by atoms with Gasteiger partial charge in [-0.3, -0.25) is 4.79 Å². The van der Waals surface area contributed by atoms with Gasteiger partial charge in [0.05, 0.1) is 11.1 Å². The van der Waals surface area contributed by atoms with E-state index in [4.69, 9.17) is 10.2 Å². The van der Waals surface area contributed by atoms with E-state index in [1.807, 2.05) is 33.9 Å². The van der Waals surface area contributed by atoms with E-state index in [2.05, 4.69) is 0 Å². The van der Waals surface area contributed by atoms with Gasteiger partial charge in [0.1, 0.15) is 5.75 Å². The van der Waals surface area contributed by atoms with E-state index < -0.39 is 26.0 Å². The molecule has 0 aliphatic heterocycles. The van der Waals surface area contributed by atoms with Gasteiger partial charge in [0, 0.05) is 0 Å². The number of hydrogen-bond acceptors (Lipinski definition) is 2. The van der Waals surface area contributed by atoms with Crippen LogP contribution in [0.25, 0.3) is 0 Å². The lowest BCUT2D eigenvalue weighted by Gasteiger charge is -2.36. The summed E-state index contributed by atoms with van der Waals surface area (Å²) in [6, 6.07) is 2.81. The smallest absolute Gasteiger partial charge is 0.416 e. The molecule has 2 N–H and O–H groups in total. The minimum atomic E-state index is -4.53. The molecule has 1 aromatic carbocycles. The molecule has 0 aliphatic rings. The number of hydrogen-bond donors (Lipinski definition) is 1. The fourth-order valence-corrected chi connectivity index (χ4v) is 2.45. The third kappa shape index (κ3) is 4.00. The van der Waals surface area contributed by atoms with Crippen molar-refractivity contribution in [3.63, 3.8) is 0 Å². The highest BCUT2D eigenvalue weighted by atomic mass is 28.4. The molecule has 0 unspecified atom stereocenters. The quantitative estimate of drug-likeness (QED) is 0.849. The molecule has 0 aromatic heterocycles. The maximum atomic E-state index is 12.7. The second-order valence-electron chi connectivity index (χ2n) is 6.44. The maximum absolute atomic E-state index is 12.7. The first kappa shape index (κ1) is 17.5. The Balaban J connectivity index is 3.29. The van der Waals surface area contributed by atoms with Crippen molar-refractivity contribution < 1.29 is 22.4 Å². The Kier molecular flexibility index (Phi) is 4.48. The number of amides is 1. The Morgan fingerprint density at radius 3 is 2.10 bits per heavy atom. The highest BCUT2D eigenvalue weighted by molar-refractivity contribution is 6.74. The van der Waals surface area contributed by atoms with Crippen molar-refractivity contribution in [2.75, 3.05) is 0 Å². The van der Waals surface area contributed by atoms with Gasteiger partial charge in [-0.2, -0.15) is 13.2 Å². The molecule has 0 atom stereocenters. The van der Waals surface area contributed by atoms with Gasteiger partial charge in [0.25, 0.3) is 14.2 Å². The molecule has 0 aliphatic carbocycles. The van der Waals surface area contributed by atoms with Gasteiger partial charge in [0.15, 0.2) is 0 Å². The molecule has 0 radical (unpaired) electrons. The number of nitrogens with two attached hydrogens (primary N) is 1. The van der Waals surface area contributed by atoms with E-state index in [0.29, 0.717) is 0 Å². The Morgan fingerprint density at radius 1 is 1.19 bits per heavy atom. The van der Waals surface area contributed by atoms with Crippen molar-refractivity contribution in [2.24, 2.45) is 5.73 Å². The zero-order valence-corrected chi connectivity index (χ0v) is 13.8. The molecule has 118 valence electrons. The van der Waals surface area contributed by atoms with Crippen molar-refractivity contribution in [3.05, 3.63) is 29.3 Å². The summed E-state index contributed by atoms with van der Waals surface area (Å²) in [7, 11) is -2.28. The van der Waals surface area contributed by atoms with Crippen molar-refractivity contribution >= 4 is 14.2 Å². The van der Waals surface area contributed by atoms with Crippen LogP contribution in [0.5, 0.6) is 5.75 Å². The highest BCUT2D eigenvalue weighted by Crippen LogP contribution is 2.39. The maximum Gasteiger partial charge on any atom is 0.416 e. The van der Waals surface area contributed by atoms with Crippen LogP contribution in [0.15, 0.2) is 18.2 Å². The van der Waals surface area contributed by atoms with Crippen molar-refractivity contribution in [3.8, 4) is 5.75 Å². The van der Waals surface area contributed by atoms with Crippen molar-refractivity contribution in [1.29, 1.82) is 0 Å². The van der Waals surface area contributed by atoms with Gasteiger partial charge in [-0.25, -0.2) is 0 Å². The van der Waals surface area contributed by atoms with Crippen molar-refractivity contribution in [1.82, 2.24) is 0 Å². The summed E-state index contributed by atoms with van der Waals surface area (Å²) in [5.74, 6) is -0.822. The first-order chi connectivity index (χ1) is 9.25. The minimum absolute atomic E-state index is 0.113. The molecular formula is C14H20F3NO2Si. The van der Waals surface area contributed by atoms with Gasteiger partial charge >= 0.3 is 6.18 Å². The summed E-state index contributed by atoms with van der Waals surface area (Å²) >= 11 is 0. The van der Waals surface area contributed by atoms with E-state index >= 15 is 0 Å². The summed E-state index contributed by atoms with van der Waals surface area (Å²) in [6.45, 7) is 9.86. The van der Waals surface area contributed by atoms with E-state index in [0.717, 1.165) is 12.1 Å². The van der Waals surface area contributed by atoms with E-state index in [-0.39, 0.29) is 16.4 Å². The average Bonchev–Trinajstić information content (AvgIpc) is 2.25. The lowest BCUT2D eigenvalue weighted by molar-refractivity contribution is -0.137. The van der Waals surface area contributed by atoms with Gasteiger partial charge in [-0.05, 0) is 36.3 Å². The summed E-state index contributed by atoms with van der Waals surface area (Å²) in [5.41, 5.74) is 4.03. The highest BCUT2D eigenvalue weighted by Gasteiger charge is 2.40. The van der Waals surface area contributed by atoms with Gasteiger partial charge < -0.3 is 10.2 Å². The van der Waals surface area contributed by atoms with Gasteiger partial charge in [-0.1, -0.05) is 20.8 Å². The second kappa shape index (κ2) is 5.36. The van der Waals surface area contributed by atoms with E-state index in [1.165, 1.54) is 6.07 Å². The van der Waals surface area contributed by atoms with Crippen LogP contribution in [-0.4, -0.2) is 14.2 Å². The number of alkyl halides is 3. The Labute approximate surface area is 123 Å². The fraction of sp³-hybridized carbons (Fsp3) is 0.500. The van der Waals surface area contributed by atoms with Crippen LogP contribution in [-0.2, 0) is 6.18 Å². The Morgan fingerprint density at radius 2 is 1.71 bits per heavy atom.